The van der Waals surface area contributed by atoms with Gasteiger partial charge in [-0.25, -0.2) is 9.59 Å². The summed E-state index contributed by atoms with van der Waals surface area (Å²) in [5, 5.41) is 14.7. The number of nitrogens with one attached hydrogen (secondary N) is 5. The van der Waals surface area contributed by atoms with Crippen molar-refractivity contribution in [3.05, 3.63) is 58.6 Å². The highest BCUT2D eigenvalue weighted by Gasteiger charge is 2.58. The number of para-hydroxylation sites is 2. The van der Waals surface area contributed by atoms with Crippen molar-refractivity contribution < 1.29 is 38.2 Å². The number of carbonyl (C=O) groups is 6. The van der Waals surface area contributed by atoms with Gasteiger partial charge in [0.05, 0.1) is 45.1 Å². The van der Waals surface area contributed by atoms with Crippen molar-refractivity contribution in [3.8, 4) is 0 Å². The number of carbonyl (C=O) groups excluding carboxylic acids is 6. The van der Waals surface area contributed by atoms with Crippen LogP contribution in [0.15, 0.2) is 48.5 Å². The number of hydrogen-bond acceptors (Lipinski definition) is 10. The lowest BCUT2D eigenvalue weighted by Gasteiger charge is -2.51. The predicted octanol–water partition coefficient (Wildman–Crippen LogP) is 5.63. The van der Waals surface area contributed by atoms with E-state index in [1.165, 1.54) is 0 Å². The summed E-state index contributed by atoms with van der Waals surface area (Å²) in [6.45, 7) is 2.32. The van der Waals surface area contributed by atoms with Crippen LogP contribution in [0.25, 0.3) is 0 Å². The first-order valence-electron chi connectivity index (χ1n) is 21.4. The largest absolute Gasteiger partial charge is 0.446 e. The van der Waals surface area contributed by atoms with Crippen molar-refractivity contribution in [2.75, 3.05) is 65.0 Å². The number of halogens is 2. The Morgan fingerprint density at radius 1 is 0.574 bits per heavy atom. The number of amides is 6. The molecule has 5 N–H and O–H groups in total. The Morgan fingerprint density at radius 3 is 1.34 bits per heavy atom. The molecule has 61 heavy (non-hydrogen) atoms. The molecule has 2 aromatic carbocycles. The van der Waals surface area contributed by atoms with E-state index in [4.69, 9.17) is 32.7 Å². The third-order valence-corrected chi connectivity index (χ3v) is 13.5. The lowest BCUT2D eigenvalue weighted by atomic mass is 9.56. The molecule has 0 saturated heterocycles. The van der Waals surface area contributed by atoms with Gasteiger partial charge < -0.3 is 29.9 Å². The second-order valence-corrected chi connectivity index (χ2v) is 18.2. The van der Waals surface area contributed by atoms with Crippen molar-refractivity contribution in [2.45, 2.75) is 63.6 Å². The molecule has 0 radical (unpaired) electrons. The van der Waals surface area contributed by atoms with Gasteiger partial charge >= 0.3 is 12.2 Å². The van der Waals surface area contributed by atoms with Gasteiger partial charge in [-0.1, -0.05) is 47.5 Å². The van der Waals surface area contributed by atoms with Crippen LogP contribution in [-0.2, 0) is 28.7 Å². The van der Waals surface area contributed by atoms with Gasteiger partial charge in [-0.3, -0.25) is 35.1 Å². The minimum absolute atomic E-state index is 0.287. The second kappa shape index (κ2) is 21.1. The Hall–Kier alpha value is -4.44. The lowest BCUT2D eigenvalue weighted by Crippen LogP contribution is -2.62. The van der Waals surface area contributed by atoms with Crippen molar-refractivity contribution >= 4 is 70.4 Å². The predicted molar refractivity (Wildman–Crippen MR) is 232 cm³/mol. The first-order chi connectivity index (χ1) is 29.2. The molecule has 6 fully saturated rings. The Kier molecular flexibility index (Phi) is 15.9. The zero-order valence-electron chi connectivity index (χ0n) is 35.3. The maximum atomic E-state index is 14.7. The number of nitrogens with zero attached hydrogens (tertiary/aromatic N) is 2. The fraction of sp³-hybridized carbons (Fsp3) is 0.591. The van der Waals surface area contributed by atoms with Gasteiger partial charge in [-0.05, 0) is 129 Å². The van der Waals surface area contributed by atoms with E-state index in [1.54, 1.807) is 48.5 Å². The minimum Gasteiger partial charge on any atom is -0.446 e. The Morgan fingerprint density at radius 2 is 0.967 bits per heavy atom. The number of anilines is 2. The topological polar surface area (TPSA) is 188 Å². The highest BCUT2D eigenvalue weighted by Crippen LogP contribution is 2.52. The number of rotatable bonds is 16. The molecule has 10 unspecified atom stereocenters. The summed E-state index contributed by atoms with van der Waals surface area (Å²) in [6.07, 6.45) is 1.48. The molecule has 0 aliphatic heterocycles. The summed E-state index contributed by atoms with van der Waals surface area (Å²) in [4.78, 5) is 87.9. The summed E-state index contributed by atoms with van der Waals surface area (Å²) in [5.41, 5.74) is 0.735. The molecule has 8 rings (SSSR count). The van der Waals surface area contributed by atoms with Gasteiger partial charge in [-0.15, -0.1) is 0 Å². The molecule has 332 valence electrons. The molecule has 6 saturated carbocycles. The van der Waals surface area contributed by atoms with Crippen molar-refractivity contribution in [2.24, 2.45) is 47.3 Å². The highest BCUT2D eigenvalue weighted by molar-refractivity contribution is 6.34. The molecular formula is C44H59Cl2N7O8. The Labute approximate surface area is 367 Å². The zero-order valence-corrected chi connectivity index (χ0v) is 36.8. The summed E-state index contributed by atoms with van der Waals surface area (Å²) in [7, 11) is 7.79. The molecular weight excluding hydrogens is 825 g/mol. The van der Waals surface area contributed by atoms with Gasteiger partial charge in [0.1, 0.15) is 12.2 Å². The molecule has 10 atom stereocenters. The third kappa shape index (κ3) is 11.5. The van der Waals surface area contributed by atoms with Crippen molar-refractivity contribution in [1.82, 2.24) is 25.8 Å². The van der Waals surface area contributed by atoms with Crippen LogP contribution >= 0.6 is 23.2 Å². The number of hydrogen-bond donors (Lipinski definition) is 5. The van der Waals surface area contributed by atoms with E-state index in [0.717, 1.165) is 13.1 Å². The van der Waals surface area contributed by atoms with Crippen LogP contribution < -0.4 is 26.6 Å². The van der Waals surface area contributed by atoms with E-state index in [0.29, 0.717) is 85.9 Å². The van der Waals surface area contributed by atoms with Gasteiger partial charge in [0.2, 0.25) is 23.6 Å². The quantitative estimate of drug-likeness (QED) is 0.105. The van der Waals surface area contributed by atoms with Crippen LogP contribution in [0.4, 0.5) is 21.0 Å². The molecule has 6 amide bonds. The SMILES string of the molecule is CN(C)CCCNC(=O)C1C2CCC(C(OC(=O)Nc3ccccc3Cl)C2)C1C(=O)NC(=O)C1C2CCC(CC2OC(=O)Nc2ccccc2Cl)C1C(=O)NCCCN(C)C. The van der Waals surface area contributed by atoms with Crippen LogP contribution in [0, 0.1) is 47.3 Å². The van der Waals surface area contributed by atoms with E-state index in [1.807, 2.05) is 38.0 Å². The molecule has 0 heterocycles. The van der Waals surface area contributed by atoms with Gasteiger partial charge in [0.25, 0.3) is 0 Å². The summed E-state index contributed by atoms with van der Waals surface area (Å²) in [5.74, 6) is -7.21. The van der Waals surface area contributed by atoms with E-state index in [-0.39, 0.29) is 23.7 Å². The van der Waals surface area contributed by atoms with E-state index < -0.39 is 71.7 Å². The number of benzene rings is 2. The average Bonchev–Trinajstić information content (AvgIpc) is 3.22. The smallest absolute Gasteiger partial charge is 0.411 e. The van der Waals surface area contributed by atoms with Crippen LogP contribution in [0.1, 0.15) is 51.4 Å². The maximum Gasteiger partial charge on any atom is 0.411 e. The van der Waals surface area contributed by atoms with Crippen molar-refractivity contribution in [3.63, 3.8) is 0 Å². The average molecular weight is 885 g/mol. The number of fused-ring (bicyclic) bond motifs is 6. The molecule has 0 aromatic heterocycles. The van der Waals surface area contributed by atoms with Crippen LogP contribution in [-0.4, -0.2) is 112 Å². The van der Waals surface area contributed by atoms with E-state index in [9.17, 15) is 28.8 Å². The number of ether oxygens (including phenoxy) is 2. The Balaban J connectivity index is 1.23. The van der Waals surface area contributed by atoms with Gasteiger partial charge in [-0.2, -0.15) is 0 Å². The van der Waals surface area contributed by atoms with Gasteiger partial charge in [0.15, 0.2) is 0 Å². The van der Waals surface area contributed by atoms with E-state index >= 15 is 0 Å². The summed E-state index contributed by atoms with van der Waals surface area (Å²) >= 11 is 12.6. The normalized spacial score (nSPS) is 27.5. The lowest BCUT2D eigenvalue weighted by molar-refractivity contribution is -0.161. The molecule has 6 aliphatic rings. The van der Waals surface area contributed by atoms with Gasteiger partial charge in [0, 0.05) is 24.9 Å². The second-order valence-electron chi connectivity index (χ2n) is 17.4. The fourth-order valence-electron chi connectivity index (χ4n) is 10.1. The minimum atomic E-state index is -1.00. The zero-order chi connectivity index (χ0) is 43.8. The molecule has 17 heteroatoms. The standard InChI is InChI=1S/C44H59Cl2N7O8/c1-52(2)21-9-19-47-39(54)35-25-15-17-27(33(23-25)60-43(58)49-31-13-7-5-11-29(31)45)37(35)41(56)51-42(57)38-28-18-16-26(36(38)40(55)48-20-10-22-53(3)4)24-34(28)61-44(59)50-32-14-8-6-12-30(32)46/h5-8,11-14,25-28,33-38H,9-10,15-24H2,1-4H3,(H,47,54)(H,48,55)(H,49,58)(H,50,59)(H,51,56,57). The fourth-order valence-corrected chi connectivity index (χ4v) is 10.5. The highest BCUT2D eigenvalue weighted by atomic mass is 35.5. The summed E-state index contributed by atoms with van der Waals surface area (Å²) in [6, 6.07) is 13.5. The van der Waals surface area contributed by atoms with Crippen LogP contribution in [0.2, 0.25) is 10.0 Å². The molecule has 0 spiro atoms. The molecule has 4 bridgehead atoms. The summed E-state index contributed by atoms with van der Waals surface area (Å²) < 4.78 is 11.9. The van der Waals surface area contributed by atoms with Crippen molar-refractivity contribution in [1.29, 1.82) is 0 Å². The monoisotopic (exact) mass is 883 g/mol. The van der Waals surface area contributed by atoms with Crippen LogP contribution in [0.3, 0.4) is 0 Å². The van der Waals surface area contributed by atoms with E-state index in [2.05, 4.69) is 26.6 Å². The number of imide groups is 1. The van der Waals surface area contributed by atoms with Crippen LogP contribution in [0.5, 0.6) is 0 Å². The first kappa shape index (κ1) is 46.1. The Bertz CT molecular complexity index is 1780. The first-order valence-corrected chi connectivity index (χ1v) is 22.1. The maximum absolute atomic E-state index is 14.7. The third-order valence-electron chi connectivity index (χ3n) is 12.8. The molecule has 2 aromatic rings. The molecule has 15 nitrogen and oxygen atoms in total. The molecule has 6 aliphatic carbocycles.